The molecule has 0 saturated heterocycles. The van der Waals surface area contributed by atoms with Crippen LogP contribution < -0.4 is 14.4 Å². The highest BCUT2D eigenvalue weighted by atomic mass is 35.5. The Hall–Kier alpha value is -2.78. The van der Waals surface area contributed by atoms with Crippen LogP contribution in [-0.2, 0) is 26.2 Å². The number of hydrogen-bond acceptors (Lipinski definition) is 5. The smallest absolute Gasteiger partial charge is 0.242 e. The number of hydrogen-bond donors (Lipinski definition) is 1. The van der Waals surface area contributed by atoms with Gasteiger partial charge in [0.25, 0.3) is 0 Å². The van der Waals surface area contributed by atoms with E-state index in [1.807, 2.05) is 32.9 Å². The van der Waals surface area contributed by atoms with Crippen LogP contribution in [0.25, 0.3) is 0 Å². The molecule has 0 bridgehead atoms. The van der Waals surface area contributed by atoms with Crippen molar-refractivity contribution >= 4 is 39.1 Å². The van der Waals surface area contributed by atoms with Crippen molar-refractivity contribution in [3.8, 4) is 5.75 Å². The zero-order valence-electron chi connectivity index (χ0n) is 21.4. The van der Waals surface area contributed by atoms with E-state index in [1.54, 1.807) is 41.3 Å². The maximum absolute atomic E-state index is 13.4. The normalized spacial score (nSPS) is 12.0. The average Bonchev–Trinajstić information content (AvgIpc) is 2.83. The van der Waals surface area contributed by atoms with Crippen LogP contribution in [0.5, 0.6) is 5.75 Å². The average molecular weight is 538 g/mol. The number of sulfonamides is 1. The lowest BCUT2D eigenvalue weighted by Gasteiger charge is -2.31. The fourth-order valence-corrected chi connectivity index (χ4v) is 5.02. The van der Waals surface area contributed by atoms with Crippen molar-refractivity contribution in [3.05, 3.63) is 59.1 Å². The van der Waals surface area contributed by atoms with Gasteiger partial charge in [-0.3, -0.25) is 13.9 Å². The molecule has 36 heavy (non-hydrogen) atoms. The summed E-state index contributed by atoms with van der Waals surface area (Å²) in [6.45, 7) is 6.71. The Morgan fingerprint density at radius 1 is 1.06 bits per heavy atom. The Balaban J connectivity index is 2.23. The molecule has 1 unspecified atom stereocenters. The summed E-state index contributed by atoms with van der Waals surface area (Å²) >= 11 is 6.00. The van der Waals surface area contributed by atoms with Gasteiger partial charge in [-0.15, -0.1) is 0 Å². The Kier molecular flexibility index (Phi) is 11.5. The summed E-state index contributed by atoms with van der Waals surface area (Å²) in [5.41, 5.74) is 1.28. The molecule has 0 heterocycles. The summed E-state index contributed by atoms with van der Waals surface area (Å²) in [4.78, 5) is 27.7. The topological polar surface area (TPSA) is 96.0 Å². The standard InChI is InChI=1S/C26H36ClN3O5S/c1-5-22(26(32)28-6-2)29(19-20-14-16-21(27)17-15-20)25(31)13-10-18-30(36(4,33)34)23-11-8-9-12-24(23)35-7-3/h8-9,11-12,14-17,22H,5-7,10,13,18-19H2,1-4H3,(H,28,32). The number of nitrogens with one attached hydrogen (secondary N) is 1. The van der Waals surface area contributed by atoms with Crippen molar-refractivity contribution in [2.75, 3.05) is 30.3 Å². The molecule has 0 spiro atoms. The minimum Gasteiger partial charge on any atom is -0.492 e. The van der Waals surface area contributed by atoms with Gasteiger partial charge in [-0.2, -0.15) is 0 Å². The van der Waals surface area contributed by atoms with Crippen molar-refractivity contribution in [2.24, 2.45) is 0 Å². The predicted molar refractivity (Wildman–Crippen MR) is 144 cm³/mol. The highest BCUT2D eigenvalue weighted by Crippen LogP contribution is 2.30. The van der Waals surface area contributed by atoms with Crippen LogP contribution in [0.2, 0.25) is 5.02 Å². The molecule has 2 rings (SSSR count). The van der Waals surface area contributed by atoms with Crippen molar-refractivity contribution in [2.45, 2.75) is 52.6 Å². The molecule has 0 aliphatic heterocycles. The maximum atomic E-state index is 13.4. The van der Waals surface area contributed by atoms with Crippen LogP contribution >= 0.6 is 11.6 Å². The van der Waals surface area contributed by atoms with E-state index < -0.39 is 16.1 Å². The van der Waals surface area contributed by atoms with E-state index >= 15 is 0 Å². The molecule has 0 aliphatic rings. The molecule has 198 valence electrons. The lowest BCUT2D eigenvalue weighted by Crippen LogP contribution is -2.49. The lowest BCUT2D eigenvalue weighted by atomic mass is 10.1. The van der Waals surface area contributed by atoms with Gasteiger partial charge in [0.2, 0.25) is 21.8 Å². The molecule has 0 radical (unpaired) electrons. The van der Waals surface area contributed by atoms with Crippen molar-refractivity contribution in [1.29, 1.82) is 0 Å². The maximum Gasteiger partial charge on any atom is 0.242 e. The predicted octanol–water partition coefficient (Wildman–Crippen LogP) is 4.23. The quantitative estimate of drug-likeness (QED) is 0.389. The van der Waals surface area contributed by atoms with E-state index in [-0.39, 0.29) is 37.7 Å². The minimum atomic E-state index is -3.62. The molecule has 0 aromatic heterocycles. The van der Waals surface area contributed by atoms with E-state index in [0.717, 1.165) is 11.8 Å². The summed E-state index contributed by atoms with van der Waals surface area (Å²) in [6.07, 6.45) is 1.93. The van der Waals surface area contributed by atoms with Crippen LogP contribution in [0.15, 0.2) is 48.5 Å². The van der Waals surface area contributed by atoms with Gasteiger partial charge in [0.05, 0.1) is 18.6 Å². The summed E-state index contributed by atoms with van der Waals surface area (Å²) in [5.74, 6) is 0.0173. The lowest BCUT2D eigenvalue weighted by molar-refractivity contribution is -0.141. The van der Waals surface area contributed by atoms with Gasteiger partial charge in [0.15, 0.2) is 0 Å². The number of para-hydroxylation sites is 2. The number of likely N-dealkylation sites (N-methyl/N-ethyl adjacent to an activating group) is 1. The number of anilines is 1. The summed E-state index contributed by atoms with van der Waals surface area (Å²) in [7, 11) is -3.62. The number of nitrogens with zero attached hydrogens (tertiary/aromatic N) is 2. The molecule has 1 N–H and O–H groups in total. The van der Waals surface area contributed by atoms with Gasteiger partial charge in [-0.05, 0) is 56.5 Å². The molecule has 0 saturated carbocycles. The van der Waals surface area contributed by atoms with Gasteiger partial charge in [-0.25, -0.2) is 8.42 Å². The Labute approximate surface area is 219 Å². The first-order chi connectivity index (χ1) is 17.1. The SMILES string of the molecule is CCNC(=O)C(CC)N(Cc1ccc(Cl)cc1)C(=O)CCCN(c1ccccc1OCC)S(C)(=O)=O. The highest BCUT2D eigenvalue weighted by Gasteiger charge is 2.29. The molecule has 1 atom stereocenters. The van der Waals surface area contributed by atoms with Crippen LogP contribution in [0.1, 0.15) is 45.6 Å². The van der Waals surface area contributed by atoms with E-state index in [4.69, 9.17) is 16.3 Å². The van der Waals surface area contributed by atoms with Gasteiger partial charge < -0.3 is 15.0 Å². The van der Waals surface area contributed by atoms with Gasteiger partial charge in [0.1, 0.15) is 11.8 Å². The third-order valence-corrected chi connectivity index (χ3v) is 7.02. The number of ether oxygens (including phenoxy) is 1. The van der Waals surface area contributed by atoms with Gasteiger partial charge >= 0.3 is 0 Å². The highest BCUT2D eigenvalue weighted by molar-refractivity contribution is 7.92. The Morgan fingerprint density at radius 2 is 1.72 bits per heavy atom. The van der Waals surface area contributed by atoms with Crippen molar-refractivity contribution < 1.29 is 22.7 Å². The second-order valence-corrected chi connectivity index (χ2v) is 10.6. The van der Waals surface area contributed by atoms with E-state index in [2.05, 4.69) is 5.32 Å². The summed E-state index contributed by atoms with van der Waals surface area (Å²) in [6, 6.07) is 13.4. The number of carbonyl (C=O) groups is 2. The number of rotatable bonds is 14. The molecule has 2 aromatic carbocycles. The fourth-order valence-electron chi connectivity index (χ4n) is 3.92. The molecular weight excluding hydrogens is 502 g/mol. The van der Waals surface area contributed by atoms with Crippen molar-refractivity contribution in [1.82, 2.24) is 10.2 Å². The third kappa shape index (κ3) is 8.41. The zero-order valence-corrected chi connectivity index (χ0v) is 22.9. The largest absolute Gasteiger partial charge is 0.492 e. The molecule has 8 nitrogen and oxygen atoms in total. The number of benzene rings is 2. The first kappa shape index (κ1) is 29.5. The molecular formula is C26H36ClN3O5S. The Morgan fingerprint density at radius 3 is 2.31 bits per heavy atom. The second kappa shape index (κ2) is 14.1. The first-order valence-electron chi connectivity index (χ1n) is 12.1. The molecule has 0 fully saturated rings. The third-order valence-electron chi connectivity index (χ3n) is 5.59. The van der Waals surface area contributed by atoms with Gasteiger partial charge in [-0.1, -0.05) is 42.8 Å². The van der Waals surface area contributed by atoms with Crippen LogP contribution in [0.3, 0.4) is 0 Å². The fraction of sp³-hybridized carbons (Fsp3) is 0.462. The molecule has 0 aliphatic carbocycles. The minimum absolute atomic E-state index is 0.0757. The second-order valence-electron chi connectivity index (χ2n) is 8.31. The van der Waals surface area contributed by atoms with E-state index in [9.17, 15) is 18.0 Å². The molecule has 2 aromatic rings. The monoisotopic (exact) mass is 537 g/mol. The van der Waals surface area contributed by atoms with Gasteiger partial charge in [0, 0.05) is 31.1 Å². The van der Waals surface area contributed by atoms with Crippen molar-refractivity contribution in [3.63, 3.8) is 0 Å². The van der Waals surface area contributed by atoms with Crippen LogP contribution in [0, 0.1) is 0 Å². The van der Waals surface area contributed by atoms with Crippen LogP contribution in [-0.4, -0.2) is 57.1 Å². The van der Waals surface area contributed by atoms with E-state index in [1.165, 1.54) is 4.31 Å². The summed E-state index contributed by atoms with van der Waals surface area (Å²) < 4.78 is 32.1. The molecule has 2 amide bonds. The van der Waals surface area contributed by atoms with E-state index in [0.29, 0.717) is 36.0 Å². The molecule has 10 heteroatoms. The number of amides is 2. The zero-order chi connectivity index (χ0) is 26.7. The first-order valence-corrected chi connectivity index (χ1v) is 14.4. The van der Waals surface area contributed by atoms with Crippen LogP contribution in [0.4, 0.5) is 5.69 Å². The number of carbonyl (C=O) groups excluding carboxylic acids is 2. The number of halogens is 1. The Bertz CT molecular complexity index is 1110. The summed E-state index contributed by atoms with van der Waals surface area (Å²) in [5, 5.41) is 3.39.